The predicted octanol–water partition coefficient (Wildman–Crippen LogP) is 2.80. The molecule has 0 bridgehead atoms. The summed E-state index contributed by atoms with van der Waals surface area (Å²) in [6.07, 6.45) is 0. The number of nitrogens with one attached hydrogen (secondary N) is 1. The third kappa shape index (κ3) is 4.79. The second-order valence-electron chi connectivity index (χ2n) is 6.75. The number of aliphatic hydroxyl groups excluding tert-OH is 1. The van der Waals surface area contributed by atoms with Gasteiger partial charge in [-0.3, -0.25) is 4.79 Å². The van der Waals surface area contributed by atoms with Gasteiger partial charge in [0.15, 0.2) is 0 Å². The topological polar surface area (TPSA) is 65.5 Å². The summed E-state index contributed by atoms with van der Waals surface area (Å²) in [5.41, 5.74) is 2.65. The van der Waals surface area contributed by atoms with E-state index in [0.717, 1.165) is 16.4 Å². The van der Waals surface area contributed by atoms with Gasteiger partial charge in [0.2, 0.25) is 0 Å². The first-order valence-electron chi connectivity index (χ1n) is 7.96. The van der Waals surface area contributed by atoms with Crippen molar-refractivity contribution in [1.29, 1.82) is 0 Å². The first kappa shape index (κ1) is 18.4. The highest BCUT2D eigenvalue weighted by Crippen LogP contribution is 2.23. The molecule has 1 heterocycles. The maximum Gasteiger partial charge on any atom is 0.251 e. The molecule has 0 atom stereocenters. The number of likely N-dealkylation sites (N-methyl/N-ethyl adjacent to an activating group) is 1. The normalized spacial score (nSPS) is 11.4. The number of carbonyl (C=O) groups is 1. The van der Waals surface area contributed by atoms with Gasteiger partial charge in [0, 0.05) is 35.6 Å². The van der Waals surface area contributed by atoms with Gasteiger partial charge in [-0.15, -0.1) is 11.3 Å². The van der Waals surface area contributed by atoms with E-state index in [1.807, 2.05) is 29.5 Å². The molecule has 6 heteroatoms. The maximum absolute atomic E-state index is 12.2. The average Bonchev–Trinajstić information content (AvgIpc) is 3.02. The van der Waals surface area contributed by atoms with Crippen LogP contribution in [0.1, 0.15) is 41.8 Å². The molecule has 0 spiro atoms. The highest BCUT2D eigenvalue weighted by molar-refractivity contribution is 7.09. The van der Waals surface area contributed by atoms with Crippen molar-refractivity contribution in [2.45, 2.75) is 32.7 Å². The second kappa shape index (κ2) is 7.77. The van der Waals surface area contributed by atoms with Crippen LogP contribution in [0.4, 0.5) is 5.69 Å². The minimum absolute atomic E-state index is 0.0230. The number of anilines is 1. The summed E-state index contributed by atoms with van der Waals surface area (Å²) in [5.74, 6) is -0.112. The predicted molar refractivity (Wildman–Crippen MR) is 98.8 cm³/mol. The molecule has 0 saturated heterocycles. The molecule has 0 aliphatic heterocycles. The molecule has 0 fully saturated rings. The number of nitrogens with zero attached hydrogens (tertiary/aromatic N) is 2. The number of thiazole rings is 1. The van der Waals surface area contributed by atoms with E-state index in [4.69, 9.17) is 5.11 Å². The Kier molecular flexibility index (Phi) is 5.96. The van der Waals surface area contributed by atoms with E-state index >= 15 is 0 Å². The standard InChI is InChI=1S/C18H25N3O2S/c1-18(2,3)15-12-24-16(20-15)11-19-17(23)13-5-7-14(8-6-13)21(4)9-10-22/h5-8,12,22H,9-11H2,1-4H3,(H,19,23). The van der Waals surface area contributed by atoms with Crippen LogP contribution in [-0.4, -0.2) is 36.2 Å². The van der Waals surface area contributed by atoms with Crippen LogP contribution in [0.5, 0.6) is 0 Å². The number of benzene rings is 1. The fourth-order valence-corrected chi connectivity index (χ4v) is 3.10. The van der Waals surface area contributed by atoms with Gasteiger partial charge in [-0.05, 0) is 24.3 Å². The molecule has 2 N–H and O–H groups in total. The number of aromatic nitrogens is 1. The van der Waals surface area contributed by atoms with E-state index in [1.54, 1.807) is 23.5 Å². The summed E-state index contributed by atoms with van der Waals surface area (Å²) in [5, 5.41) is 14.8. The smallest absolute Gasteiger partial charge is 0.251 e. The van der Waals surface area contributed by atoms with E-state index in [9.17, 15) is 4.79 Å². The molecule has 0 aliphatic carbocycles. The number of hydrogen-bond donors (Lipinski definition) is 2. The Morgan fingerprint density at radius 3 is 2.50 bits per heavy atom. The number of carbonyl (C=O) groups excluding carboxylic acids is 1. The first-order chi connectivity index (χ1) is 11.3. The molecule has 1 aromatic carbocycles. The summed E-state index contributed by atoms with van der Waals surface area (Å²) in [6.45, 7) is 7.47. The molecule has 0 radical (unpaired) electrons. The molecular formula is C18H25N3O2S. The summed E-state index contributed by atoms with van der Waals surface area (Å²) < 4.78 is 0. The Labute approximate surface area is 147 Å². The van der Waals surface area contributed by atoms with Crippen LogP contribution in [-0.2, 0) is 12.0 Å². The third-order valence-electron chi connectivity index (χ3n) is 3.73. The minimum atomic E-state index is -0.112. The van der Waals surface area contributed by atoms with E-state index < -0.39 is 0 Å². The molecule has 130 valence electrons. The van der Waals surface area contributed by atoms with Crippen LogP contribution in [0.3, 0.4) is 0 Å². The van der Waals surface area contributed by atoms with Crippen molar-refractivity contribution < 1.29 is 9.90 Å². The Balaban J connectivity index is 1.94. The van der Waals surface area contributed by atoms with Crippen molar-refractivity contribution in [1.82, 2.24) is 10.3 Å². The molecule has 24 heavy (non-hydrogen) atoms. The van der Waals surface area contributed by atoms with Crippen LogP contribution < -0.4 is 10.2 Å². The Morgan fingerprint density at radius 2 is 1.96 bits per heavy atom. The van der Waals surface area contributed by atoms with Crippen molar-refractivity contribution in [2.75, 3.05) is 25.1 Å². The fourth-order valence-electron chi connectivity index (χ4n) is 2.14. The first-order valence-corrected chi connectivity index (χ1v) is 8.84. The SMILES string of the molecule is CN(CCO)c1ccc(C(=O)NCc2nc(C(C)(C)C)cs2)cc1. The Morgan fingerprint density at radius 1 is 1.29 bits per heavy atom. The molecule has 1 amide bonds. The zero-order chi connectivity index (χ0) is 17.7. The van der Waals surface area contributed by atoms with Crippen LogP contribution in [0.15, 0.2) is 29.6 Å². The van der Waals surface area contributed by atoms with Crippen molar-refractivity contribution in [3.05, 3.63) is 45.9 Å². The molecule has 2 rings (SSSR count). The zero-order valence-corrected chi connectivity index (χ0v) is 15.5. The fraction of sp³-hybridized carbons (Fsp3) is 0.444. The van der Waals surface area contributed by atoms with Crippen molar-refractivity contribution in [3.8, 4) is 0 Å². The minimum Gasteiger partial charge on any atom is -0.395 e. The lowest BCUT2D eigenvalue weighted by atomic mass is 9.93. The van der Waals surface area contributed by atoms with Crippen molar-refractivity contribution in [3.63, 3.8) is 0 Å². The monoisotopic (exact) mass is 347 g/mol. The van der Waals surface area contributed by atoms with Crippen LogP contribution in [0.2, 0.25) is 0 Å². The van der Waals surface area contributed by atoms with Crippen LogP contribution in [0, 0.1) is 0 Å². The van der Waals surface area contributed by atoms with E-state index in [0.29, 0.717) is 18.7 Å². The molecule has 0 saturated carbocycles. The van der Waals surface area contributed by atoms with Gasteiger partial charge in [-0.1, -0.05) is 20.8 Å². The maximum atomic E-state index is 12.2. The van der Waals surface area contributed by atoms with Crippen molar-refractivity contribution in [2.24, 2.45) is 0 Å². The van der Waals surface area contributed by atoms with Gasteiger partial charge in [-0.25, -0.2) is 4.98 Å². The number of aliphatic hydroxyl groups is 1. The Hall–Kier alpha value is -1.92. The van der Waals surface area contributed by atoms with Gasteiger partial charge in [-0.2, -0.15) is 0 Å². The van der Waals surface area contributed by atoms with Gasteiger partial charge in [0.05, 0.1) is 18.8 Å². The third-order valence-corrected chi connectivity index (χ3v) is 4.57. The van der Waals surface area contributed by atoms with E-state index in [2.05, 4.69) is 31.1 Å². The van der Waals surface area contributed by atoms with Crippen LogP contribution in [0.25, 0.3) is 0 Å². The number of hydrogen-bond acceptors (Lipinski definition) is 5. The summed E-state index contributed by atoms with van der Waals surface area (Å²) >= 11 is 1.57. The summed E-state index contributed by atoms with van der Waals surface area (Å²) in [6, 6.07) is 7.35. The number of rotatable bonds is 6. The summed E-state index contributed by atoms with van der Waals surface area (Å²) in [7, 11) is 1.90. The quantitative estimate of drug-likeness (QED) is 0.843. The molecule has 0 unspecified atom stereocenters. The van der Waals surface area contributed by atoms with Gasteiger partial charge >= 0.3 is 0 Å². The van der Waals surface area contributed by atoms with Crippen molar-refractivity contribution >= 4 is 22.9 Å². The van der Waals surface area contributed by atoms with Gasteiger partial charge in [0.25, 0.3) is 5.91 Å². The lowest BCUT2D eigenvalue weighted by molar-refractivity contribution is 0.0951. The van der Waals surface area contributed by atoms with Gasteiger partial charge < -0.3 is 15.3 Å². The largest absolute Gasteiger partial charge is 0.395 e. The molecule has 5 nitrogen and oxygen atoms in total. The van der Waals surface area contributed by atoms with Crippen LogP contribution >= 0.6 is 11.3 Å². The van der Waals surface area contributed by atoms with E-state index in [1.165, 1.54) is 0 Å². The molecule has 2 aromatic rings. The van der Waals surface area contributed by atoms with E-state index in [-0.39, 0.29) is 17.9 Å². The summed E-state index contributed by atoms with van der Waals surface area (Å²) in [4.78, 5) is 18.8. The Bertz CT molecular complexity index is 674. The molecule has 1 aromatic heterocycles. The lowest BCUT2D eigenvalue weighted by Crippen LogP contribution is -2.24. The second-order valence-corrected chi connectivity index (χ2v) is 7.69. The molecule has 0 aliphatic rings. The molecular weight excluding hydrogens is 322 g/mol. The highest BCUT2D eigenvalue weighted by atomic mass is 32.1. The number of amides is 1. The zero-order valence-electron chi connectivity index (χ0n) is 14.7. The lowest BCUT2D eigenvalue weighted by Gasteiger charge is -2.17. The highest BCUT2D eigenvalue weighted by Gasteiger charge is 2.17. The van der Waals surface area contributed by atoms with Gasteiger partial charge in [0.1, 0.15) is 5.01 Å². The average molecular weight is 347 g/mol.